The molecule has 0 aromatic heterocycles. The van der Waals surface area contributed by atoms with Gasteiger partial charge in [0.2, 0.25) is 0 Å². The van der Waals surface area contributed by atoms with Crippen LogP contribution in [-0.2, 0) is 19.1 Å². The molecule has 2 fully saturated rings. The lowest BCUT2D eigenvalue weighted by atomic mass is 9.81. The highest BCUT2D eigenvalue weighted by Gasteiger charge is 2.47. The van der Waals surface area contributed by atoms with Gasteiger partial charge in [-0.05, 0) is 37.7 Å². The van der Waals surface area contributed by atoms with Gasteiger partial charge < -0.3 is 9.47 Å². The minimum atomic E-state index is -0.469. The summed E-state index contributed by atoms with van der Waals surface area (Å²) >= 11 is 0. The molecule has 35 heavy (non-hydrogen) atoms. The van der Waals surface area contributed by atoms with Crippen LogP contribution in [0.15, 0.2) is 30.3 Å². The Hall–Kier alpha value is -1.84. The van der Waals surface area contributed by atoms with Gasteiger partial charge >= 0.3 is 11.9 Å². The minimum Gasteiger partial charge on any atom is -0.461 e. The van der Waals surface area contributed by atoms with Crippen molar-refractivity contribution in [2.24, 2.45) is 11.8 Å². The lowest BCUT2D eigenvalue weighted by Crippen LogP contribution is -2.36. The first-order chi connectivity index (χ1) is 17.1. The van der Waals surface area contributed by atoms with Crippen molar-refractivity contribution in [1.29, 1.82) is 0 Å². The van der Waals surface area contributed by atoms with Crippen LogP contribution in [0.5, 0.6) is 0 Å². The van der Waals surface area contributed by atoms with Gasteiger partial charge in [0.05, 0.1) is 5.92 Å². The summed E-state index contributed by atoms with van der Waals surface area (Å²) in [5, 5.41) is 0. The highest BCUT2D eigenvalue weighted by atomic mass is 16.6. The third-order valence-electron chi connectivity index (χ3n) is 8.14. The molecule has 4 heteroatoms. The molecule has 1 heterocycles. The van der Waals surface area contributed by atoms with E-state index in [1.165, 1.54) is 63.4 Å². The molecular formula is C31H48O4. The van der Waals surface area contributed by atoms with Crippen LogP contribution >= 0.6 is 0 Å². The van der Waals surface area contributed by atoms with E-state index < -0.39 is 11.8 Å². The van der Waals surface area contributed by atoms with E-state index >= 15 is 0 Å². The summed E-state index contributed by atoms with van der Waals surface area (Å²) in [6.07, 6.45) is 18.6. The van der Waals surface area contributed by atoms with E-state index in [9.17, 15) is 9.59 Å². The van der Waals surface area contributed by atoms with E-state index in [4.69, 9.17) is 9.47 Å². The summed E-state index contributed by atoms with van der Waals surface area (Å²) in [5.41, 5.74) is 1.24. The number of esters is 2. The fourth-order valence-corrected chi connectivity index (χ4v) is 5.95. The molecule has 1 aliphatic heterocycles. The van der Waals surface area contributed by atoms with Gasteiger partial charge in [0.15, 0.2) is 0 Å². The fraction of sp³-hybridized carbons (Fsp3) is 0.742. The summed E-state index contributed by atoms with van der Waals surface area (Å²) in [6, 6.07) is 10.4. The summed E-state index contributed by atoms with van der Waals surface area (Å²) in [5.74, 6) is -1.12. The van der Waals surface area contributed by atoms with Crippen LogP contribution in [0.25, 0.3) is 0 Å². The van der Waals surface area contributed by atoms with Crippen molar-refractivity contribution in [2.75, 3.05) is 0 Å². The van der Waals surface area contributed by atoms with Crippen molar-refractivity contribution < 1.29 is 19.1 Å². The molecule has 0 spiro atoms. The SMILES string of the molecule is CCCCCCCCCCCCC[C@@H]1OC(=O)[C@H](C)[C@H]1C(=O)O[C@@H]1CCCC[C@H]1c1ccccc1. The van der Waals surface area contributed by atoms with Crippen molar-refractivity contribution in [3.63, 3.8) is 0 Å². The minimum absolute atomic E-state index is 0.107. The molecule has 2 aliphatic rings. The third kappa shape index (κ3) is 8.65. The van der Waals surface area contributed by atoms with E-state index in [-0.39, 0.29) is 30.1 Å². The molecule has 0 N–H and O–H groups in total. The number of hydrogen-bond acceptors (Lipinski definition) is 4. The largest absolute Gasteiger partial charge is 0.461 e. The van der Waals surface area contributed by atoms with Crippen LogP contribution in [0.2, 0.25) is 0 Å². The molecule has 1 aromatic carbocycles. The standard InChI is InChI=1S/C31H48O4/c1-3-4-5-6-7-8-9-10-11-12-16-23-28-29(24(2)30(32)35-28)31(33)34-27-22-18-17-21-26(27)25-19-14-13-15-20-25/h13-15,19-20,24,26-29H,3-12,16-18,21-23H2,1-2H3/t24-,26+,27-,28+,29-/m1/s1. The smallest absolute Gasteiger partial charge is 0.313 e. The van der Waals surface area contributed by atoms with Crippen LogP contribution in [0.1, 0.15) is 128 Å². The number of hydrogen-bond donors (Lipinski definition) is 0. The van der Waals surface area contributed by atoms with E-state index in [1.54, 1.807) is 0 Å². The van der Waals surface area contributed by atoms with Crippen molar-refractivity contribution in [3.8, 4) is 0 Å². The third-order valence-corrected chi connectivity index (χ3v) is 8.14. The molecule has 196 valence electrons. The van der Waals surface area contributed by atoms with Gasteiger partial charge in [-0.2, -0.15) is 0 Å². The molecule has 1 aromatic rings. The predicted octanol–water partition coefficient (Wildman–Crippen LogP) is 8.13. The Balaban J connectivity index is 1.41. The molecule has 0 radical (unpaired) electrons. The van der Waals surface area contributed by atoms with Gasteiger partial charge in [-0.25, -0.2) is 0 Å². The maximum atomic E-state index is 13.3. The maximum absolute atomic E-state index is 13.3. The first-order valence-corrected chi connectivity index (χ1v) is 14.6. The number of unbranched alkanes of at least 4 members (excludes halogenated alkanes) is 10. The number of benzene rings is 1. The van der Waals surface area contributed by atoms with E-state index in [0.29, 0.717) is 0 Å². The molecule has 0 amide bonds. The molecule has 0 bridgehead atoms. The van der Waals surface area contributed by atoms with Crippen molar-refractivity contribution in [1.82, 2.24) is 0 Å². The summed E-state index contributed by atoms with van der Waals surface area (Å²) in [6.45, 7) is 4.08. The second kappa shape index (κ2) is 15.3. The van der Waals surface area contributed by atoms with E-state index in [2.05, 4.69) is 31.2 Å². The van der Waals surface area contributed by atoms with Gasteiger partial charge in [-0.1, -0.05) is 115 Å². The topological polar surface area (TPSA) is 52.6 Å². The Kier molecular flexibility index (Phi) is 12.1. The Bertz CT molecular complexity index is 746. The molecule has 1 saturated heterocycles. The van der Waals surface area contributed by atoms with Gasteiger partial charge in [-0.3, -0.25) is 9.59 Å². The van der Waals surface area contributed by atoms with Gasteiger partial charge in [0.1, 0.15) is 18.1 Å². The second-order valence-corrected chi connectivity index (χ2v) is 10.9. The second-order valence-electron chi connectivity index (χ2n) is 10.9. The summed E-state index contributed by atoms with van der Waals surface area (Å²) in [7, 11) is 0. The molecule has 1 saturated carbocycles. The normalized spacial score (nSPS) is 26.5. The molecule has 3 rings (SSSR count). The lowest BCUT2D eigenvalue weighted by Gasteiger charge is -2.33. The van der Waals surface area contributed by atoms with Crippen molar-refractivity contribution >= 4 is 11.9 Å². The zero-order valence-electron chi connectivity index (χ0n) is 22.2. The lowest BCUT2D eigenvalue weighted by molar-refractivity contribution is -0.159. The van der Waals surface area contributed by atoms with E-state index in [1.807, 2.05) is 13.0 Å². The highest BCUT2D eigenvalue weighted by Crippen LogP contribution is 2.38. The Morgan fingerprint density at radius 3 is 2.14 bits per heavy atom. The Labute approximate surface area is 213 Å². The molecular weight excluding hydrogens is 436 g/mol. The molecule has 0 unspecified atom stereocenters. The average molecular weight is 485 g/mol. The zero-order valence-corrected chi connectivity index (χ0v) is 22.2. The van der Waals surface area contributed by atoms with Crippen molar-refractivity contribution in [3.05, 3.63) is 35.9 Å². The highest BCUT2D eigenvalue weighted by molar-refractivity contribution is 5.85. The number of cyclic esters (lactones) is 1. The average Bonchev–Trinajstić information content (AvgIpc) is 3.16. The Morgan fingerprint density at radius 2 is 1.49 bits per heavy atom. The molecule has 5 atom stereocenters. The first kappa shape index (κ1) is 27.7. The van der Waals surface area contributed by atoms with Gasteiger partial charge in [0, 0.05) is 5.92 Å². The van der Waals surface area contributed by atoms with E-state index in [0.717, 1.165) is 44.9 Å². The zero-order chi connectivity index (χ0) is 24.9. The van der Waals surface area contributed by atoms with Gasteiger partial charge in [0.25, 0.3) is 0 Å². The molecule has 1 aliphatic carbocycles. The Morgan fingerprint density at radius 1 is 0.886 bits per heavy atom. The van der Waals surface area contributed by atoms with Crippen LogP contribution in [0.4, 0.5) is 0 Å². The predicted molar refractivity (Wildman–Crippen MR) is 141 cm³/mol. The number of rotatable bonds is 15. The fourth-order valence-electron chi connectivity index (χ4n) is 5.95. The quantitative estimate of drug-likeness (QED) is 0.186. The van der Waals surface area contributed by atoms with Crippen LogP contribution < -0.4 is 0 Å². The van der Waals surface area contributed by atoms with Gasteiger partial charge in [-0.15, -0.1) is 0 Å². The maximum Gasteiger partial charge on any atom is 0.313 e. The number of carbonyl (C=O) groups excluding carboxylic acids is 2. The van der Waals surface area contributed by atoms with Crippen LogP contribution in [0.3, 0.4) is 0 Å². The monoisotopic (exact) mass is 484 g/mol. The molecule has 4 nitrogen and oxygen atoms in total. The summed E-state index contributed by atoms with van der Waals surface area (Å²) in [4.78, 5) is 25.7. The number of carbonyl (C=O) groups is 2. The van der Waals surface area contributed by atoms with Crippen molar-refractivity contribution in [2.45, 2.75) is 135 Å². The summed E-state index contributed by atoms with van der Waals surface area (Å²) < 4.78 is 11.8. The van der Waals surface area contributed by atoms with Crippen LogP contribution in [-0.4, -0.2) is 24.1 Å². The number of ether oxygens (including phenoxy) is 2. The van der Waals surface area contributed by atoms with Crippen LogP contribution in [0, 0.1) is 11.8 Å². The first-order valence-electron chi connectivity index (χ1n) is 14.6.